The van der Waals surface area contributed by atoms with Crippen LogP contribution in [0, 0.1) is 11.6 Å². The molecule has 2 aromatic carbocycles. The molecule has 0 atom stereocenters. The minimum Gasteiger partial charge on any atom is -0.493 e. The number of carbonyl (C=O) groups is 1. The minimum absolute atomic E-state index is 0.00891. The highest BCUT2D eigenvalue weighted by Crippen LogP contribution is 2.28. The first kappa shape index (κ1) is 28.3. The van der Waals surface area contributed by atoms with E-state index in [2.05, 4.69) is 32.3 Å². The van der Waals surface area contributed by atoms with Gasteiger partial charge in [0.05, 0.1) is 36.6 Å². The second kappa shape index (κ2) is 12.5. The smallest absolute Gasteiger partial charge is 0.239 e. The van der Waals surface area contributed by atoms with Crippen molar-refractivity contribution in [2.24, 2.45) is 10.7 Å². The monoisotopic (exact) mass is 568 g/mol. The zero-order chi connectivity index (χ0) is 28.9. The largest absolute Gasteiger partial charge is 0.493 e. The molecule has 0 saturated carbocycles. The van der Waals surface area contributed by atoms with Gasteiger partial charge in [0.15, 0.2) is 23.1 Å². The number of fused-ring (bicyclic) bond motifs is 1. The van der Waals surface area contributed by atoms with Crippen LogP contribution in [0.15, 0.2) is 47.7 Å². The topological polar surface area (TPSA) is 113 Å². The van der Waals surface area contributed by atoms with E-state index < -0.39 is 17.5 Å². The van der Waals surface area contributed by atoms with Crippen molar-refractivity contribution in [3.8, 4) is 11.5 Å². The zero-order valence-electron chi connectivity index (χ0n) is 23.1. The number of primary amides is 1. The number of halogens is 2. The van der Waals surface area contributed by atoms with E-state index in [1.165, 1.54) is 27.9 Å². The van der Waals surface area contributed by atoms with Crippen molar-refractivity contribution < 1.29 is 23.0 Å². The number of rotatable bonds is 11. The molecule has 1 saturated heterocycles. The first-order chi connectivity index (χ1) is 19.8. The molecule has 13 heteroatoms. The predicted octanol–water partition coefficient (Wildman–Crippen LogP) is 0.947. The van der Waals surface area contributed by atoms with Gasteiger partial charge in [0.2, 0.25) is 5.91 Å². The van der Waals surface area contributed by atoms with Crippen LogP contribution < -0.4 is 36.0 Å². The van der Waals surface area contributed by atoms with Gasteiger partial charge in [0, 0.05) is 50.2 Å². The molecule has 11 nitrogen and oxygen atoms in total. The van der Waals surface area contributed by atoms with Gasteiger partial charge in [0.25, 0.3) is 0 Å². The maximum absolute atomic E-state index is 14.9. The maximum Gasteiger partial charge on any atom is 0.239 e. The summed E-state index contributed by atoms with van der Waals surface area (Å²) in [6.45, 7) is 5.60. The highest BCUT2D eigenvalue weighted by molar-refractivity contribution is 5.78. The van der Waals surface area contributed by atoms with Crippen molar-refractivity contribution in [2.75, 3.05) is 70.4 Å². The van der Waals surface area contributed by atoms with Crippen LogP contribution in [0.1, 0.15) is 6.42 Å². The van der Waals surface area contributed by atoms with E-state index in [4.69, 9.17) is 15.2 Å². The lowest BCUT2D eigenvalue weighted by Crippen LogP contribution is -2.44. The summed E-state index contributed by atoms with van der Waals surface area (Å²) in [6, 6.07) is 7.53. The Morgan fingerprint density at radius 3 is 2.71 bits per heavy atom. The van der Waals surface area contributed by atoms with Crippen LogP contribution in [0.25, 0.3) is 5.82 Å². The molecule has 2 aliphatic heterocycles. The Kier molecular flexibility index (Phi) is 8.64. The van der Waals surface area contributed by atoms with E-state index in [0.29, 0.717) is 40.2 Å². The quantitative estimate of drug-likeness (QED) is 0.329. The first-order valence-electron chi connectivity index (χ1n) is 13.4. The van der Waals surface area contributed by atoms with Gasteiger partial charge in [-0.3, -0.25) is 14.5 Å². The summed E-state index contributed by atoms with van der Waals surface area (Å²) in [5, 5.41) is 8.57. The molecule has 1 fully saturated rings. The molecule has 218 valence electrons. The summed E-state index contributed by atoms with van der Waals surface area (Å²) in [6.07, 6.45) is 3.97. The molecule has 0 aliphatic carbocycles. The normalized spacial score (nSPS) is 15.8. The van der Waals surface area contributed by atoms with E-state index >= 15 is 0 Å². The number of aromatic nitrogens is 2. The van der Waals surface area contributed by atoms with E-state index in [1.54, 1.807) is 25.4 Å². The lowest BCUT2D eigenvalue weighted by molar-refractivity contribution is -0.118. The Hall–Kier alpha value is -4.23. The number of hydrogen-bond acceptors (Lipinski definition) is 9. The number of nitrogens with two attached hydrogens (primary N) is 1. The van der Waals surface area contributed by atoms with Crippen molar-refractivity contribution in [3.63, 3.8) is 0 Å². The number of methoxy groups -OCH3 is 1. The van der Waals surface area contributed by atoms with Gasteiger partial charge in [-0.2, -0.15) is 5.10 Å². The van der Waals surface area contributed by atoms with E-state index in [1.807, 2.05) is 0 Å². The fraction of sp³-hybridized carbons (Fsp3) is 0.393. The Morgan fingerprint density at radius 1 is 1.15 bits per heavy atom. The second-order valence-electron chi connectivity index (χ2n) is 10.0. The van der Waals surface area contributed by atoms with E-state index in [0.717, 1.165) is 45.2 Å². The minimum atomic E-state index is -0.998. The molecule has 3 N–H and O–H groups in total. The summed E-state index contributed by atoms with van der Waals surface area (Å²) < 4.78 is 42.3. The SMILES string of the molecule is COc1cc2c(cc1OCCCN1CCN(C)CC1)=NCN(c1cccc(F)c1F)C=2Nc1cnn(CC(N)=O)c1. The molecule has 3 heterocycles. The van der Waals surface area contributed by atoms with Crippen molar-refractivity contribution in [3.05, 3.63) is 64.9 Å². The molecule has 3 aromatic rings. The Bertz CT molecular complexity index is 1520. The Morgan fingerprint density at radius 2 is 1.95 bits per heavy atom. The molecule has 0 bridgehead atoms. The fourth-order valence-electron chi connectivity index (χ4n) is 4.89. The summed E-state index contributed by atoms with van der Waals surface area (Å²) in [5.74, 6) is -1.06. The number of hydrogen-bond donors (Lipinski definition) is 2. The predicted molar refractivity (Wildman–Crippen MR) is 150 cm³/mol. The van der Waals surface area contributed by atoms with Crippen LogP contribution in [0.3, 0.4) is 0 Å². The summed E-state index contributed by atoms with van der Waals surface area (Å²) in [5.41, 5.74) is 5.81. The molecular formula is C28H34F2N8O3. The van der Waals surface area contributed by atoms with Crippen LogP contribution in [0.5, 0.6) is 11.5 Å². The second-order valence-corrected chi connectivity index (χ2v) is 10.0. The number of piperazine rings is 1. The van der Waals surface area contributed by atoms with Crippen molar-refractivity contribution in [1.29, 1.82) is 0 Å². The number of nitrogens with one attached hydrogen (secondary N) is 1. The third kappa shape index (κ3) is 6.57. The third-order valence-electron chi connectivity index (χ3n) is 7.10. The first-order valence-corrected chi connectivity index (χ1v) is 13.4. The lowest BCUT2D eigenvalue weighted by Gasteiger charge is -2.32. The number of anilines is 2. The number of amides is 1. The molecule has 1 amide bonds. The summed E-state index contributed by atoms with van der Waals surface area (Å²) in [7, 11) is 3.68. The van der Waals surface area contributed by atoms with Crippen LogP contribution in [-0.4, -0.2) is 85.6 Å². The van der Waals surface area contributed by atoms with Crippen molar-refractivity contribution >= 4 is 23.1 Å². The number of likely N-dealkylation sites (N-methyl/N-ethyl adjacent to an activating group) is 1. The lowest BCUT2D eigenvalue weighted by atomic mass is 10.2. The van der Waals surface area contributed by atoms with E-state index in [-0.39, 0.29) is 18.9 Å². The summed E-state index contributed by atoms with van der Waals surface area (Å²) >= 11 is 0. The molecule has 0 unspecified atom stereocenters. The highest BCUT2D eigenvalue weighted by Gasteiger charge is 2.23. The Balaban J connectivity index is 1.45. The molecule has 41 heavy (non-hydrogen) atoms. The van der Waals surface area contributed by atoms with Gasteiger partial charge in [-0.1, -0.05) is 6.07 Å². The average molecular weight is 569 g/mol. The van der Waals surface area contributed by atoms with Gasteiger partial charge in [-0.05, 0) is 31.7 Å². The number of benzene rings is 2. The van der Waals surface area contributed by atoms with Crippen LogP contribution in [-0.2, 0) is 11.3 Å². The molecule has 2 aliphatic rings. The van der Waals surface area contributed by atoms with E-state index in [9.17, 15) is 13.6 Å². The average Bonchev–Trinajstić information content (AvgIpc) is 3.39. The standard InChI is InChI=1S/C28H34F2N8O3/c1-35-8-10-36(11-9-35)7-4-12-41-25-14-22-20(13-24(25)40-2)28(34-19-15-33-37(16-19)17-26(31)39)38(18-32-22)23-6-3-5-21(29)27(23)30/h3,5-6,13-16,34H,4,7-12,17-18H2,1-2H3,(H2,31,39). The molecular weight excluding hydrogens is 534 g/mol. The molecule has 0 radical (unpaired) electrons. The van der Waals surface area contributed by atoms with Gasteiger partial charge in [-0.15, -0.1) is 0 Å². The van der Waals surface area contributed by atoms with Gasteiger partial charge >= 0.3 is 0 Å². The van der Waals surface area contributed by atoms with Crippen LogP contribution >= 0.6 is 0 Å². The highest BCUT2D eigenvalue weighted by atomic mass is 19.2. The number of carbonyl (C=O) groups excluding carboxylic acids is 1. The van der Waals surface area contributed by atoms with Gasteiger partial charge < -0.3 is 35.2 Å². The van der Waals surface area contributed by atoms with Crippen LogP contribution in [0.2, 0.25) is 0 Å². The van der Waals surface area contributed by atoms with Crippen molar-refractivity contribution in [2.45, 2.75) is 13.0 Å². The van der Waals surface area contributed by atoms with Crippen LogP contribution in [0.4, 0.5) is 20.2 Å². The fourth-order valence-corrected chi connectivity index (χ4v) is 4.89. The van der Waals surface area contributed by atoms with Gasteiger partial charge in [-0.25, -0.2) is 8.78 Å². The third-order valence-corrected chi connectivity index (χ3v) is 7.10. The molecule has 0 spiro atoms. The zero-order valence-corrected chi connectivity index (χ0v) is 23.1. The van der Waals surface area contributed by atoms with Crippen molar-refractivity contribution in [1.82, 2.24) is 19.6 Å². The van der Waals surface area contributed by atoms with Gasteiger partial charge in [0.1, 0.15) is 19.0 Å². The molecule has 5 rings (SSSR count). The maximum atomic E-state index is 14.9. The number of ether oxygens (including phenoxy) is 2. The summed E-state index contributed by atoms with van der Waals surface area (Å²) in [4.78, 5) is 22.3. The Labute approximate surface area is 236 Å². The molecule has 1 aromatic heterocycles. The number of nitrogens with zero attached hydrogens (tertiary/aromatic N) is 6.